The van der Waals surface area contributed by atoms with E-state index in [1.165, 1.54) is 16.7 Å². The fraction of sp³-hybridized carbons (Fsp3) is 0.267. The van der Waals surface area contributed by atoms with Crippen molar-refractivity contribution in [2.45, 2.75) is 12.3 Å². The lowest BCUT2D eigenvalue weighted by Crippen LogP contribution is -2.16. The van der Waals surface area contributed by atoms with Crippen molar-refractivity contribution in [3.63, 3.8) is 0 Å². The summed E-state index contributed by atoms with van der Waals surface area (Å²) in [6, 6.07) is 9.93. The predicted octanol–water partition coefficient (Wildman–Crippen LogP) is 2.05. The van der Waals surface area contributed by atoms with Crippen LogP contribution in [0.2, 0.25) is 0 Å². The molecule has 1 aliphatic heterocycles. The van der Waals surface area contributed by atoms with E-state index in [0.717, 1.165) is 25.1 Å². The van der Waals surface area contributed by atoms with Crippen molar-refractivity contribution in [1.29, 1.82) is 0 Å². The van der Waals surface area contributed by atoms with Crippen LogP contribution in [-0.2, 0) is 0 Å². The molecule has 2 aromatic rings. The lowest BCUT2D eigenvalue weighted by Gasteiger charge is -2.12. The Hall–Kier alpha value is -1.94. The highest BCUT2D eigenvalue weighted by Crippen LogP contribution is 2.26. The maximum Gasteiger partial charge on any atom is 0.255 e. The molecule has 3 rings (SSSR count). The molecular formula is C15H15FN2O. The second kappa shape index (κ2) is 4.97. The molecule has 0 spiro atoms. The topological polar surface area (TPSA) is 34.0 Å². The zero-order chi connectivity index (χ0) is 13.2. The lowest BCUT2D eigenvalue weighted by atomic mass is 9.97. The largest absolute Gasteiger partial charge is 0.316 e. The molecule has 0 radical (unpaired) electrons. The van der Waals surface area contributed by atoms with Gasteiger partial charge in [0.2, 0.25) is 0 Å². The summed E-state index contributed by atoms with van der Waals surface area (Å²) in [5.41, 5.74) is 1.15. The van der Waals surface area contributed by atoms with E-state index in [0.29, 0.717) is 5.69 Å². The first-order chi connectivity index (χ1) is 9.25. The summed E-state index contributed by atoms with van der Waals surface area (Å²) in [7, 11) is 0. The molecule has 1 saturated heterocycles. The molecule has 1 unspecified atom stereocenters. The van der Waals surface area contributed by atoms with Gasteiger partial charge < -0.3 is 5.32 Å². The molecule has 1 fully saturated rings. The molecule has 1 aromatic heterocycles. The number of pyridine rings is 1. The van der Waals surface area contributed by atoms with Crippen molar-refractivity contribution in [2.75, 3.05) is 13.1 Å². The molecule has 0 aliphatic carbocycles. The molecule has 2 heterocycles. The van der Waals surface area contributed by atoms with Crippen molar-refractivity contribution in [3.8, 4) is 5.69 Å². The maximum atomic E-state index is 14.2. The van der Waals surface area contributed by atoms with Gasteiger partial charge in [-0.3, -0.25) is 9.36 Å². The van der Waals surface area contributed by atoms with Crippen molar-refractivity contribution >= 4 is 0 Å². The molecule has 98 valence electrons. The van der Waals surface area contributed by atoms with Gasteiger partial charge in [-0.05, 0) is 36.7 Å². The Morgan fingerprint density at radius 3 is 2.84 bits per heavy atom. The molecule has 1 N–H and O–H groups in total. The number of hydrogen-bond acceptors (Lipinski definition) is 2. The number of aromatic nitrogens is 1. The van der Waals surface area contributed by atoms with Gasteiger partial charge in [-0.2, -0.15) is 0 Å². The van der Waals surface area contributed by atoms with E-state index in [1.807, 2.05) is 0 Å². The van der Waals surface area contributed by atoms with Crippen molar-refractivity contribution < 1.29 is 4.39 Å². The van der Waals surface area contributed by atoms with Gasteiger partial charge in [0.15, 0.2) is 0 Å². The third-order valence-corrected chi connectivity index (χ3v) is 3.58. The smallest absolute Gasteiger partial charge is 0.255 e. The quantitative estimate of drug-likeness (QED) is 0.894. The van der Waals surface area contributed by atoms with Crippen LogP contribution >= 0.6 is 0 Å². The van der Waals surface area contributed by atoms with Gasteiger partial charge in [-0.15, -0.1) is 0 Å². The molecule has 4 heteroatoms. The number of halogens is 1. The van der Waals surface area contributed by atoms with Crippen LogP contribution < -0.4 is 10.9 Å². The molecule has 0 bridgehead atoms. The Labute approximate surface area is 110 Å². The van der Waals surface area contributed by atoms with Crippen molar-refractivity contribution in [3.05, 3.63) is 64.3 Å². The zero-order valence-electron chi connectivity index (χ0n) is 10.5. The fourth-order valence-electron chi connectivity index (χ4n) is 2.56. The maximum absolute atomic E-state index is 14.2. The molecule has 19 heavy (non-hydrogen) atoms. The van der Waals surface area contributed by atoms with Gasteiger partial charge in [0.1, 0.15) is 5.82 Å². The average Bonchev–Trinajstić information content (AvgIpc) is 2.93. The Morgan fingerprint density at radius 1 is 1.26 bits per heavy atom. The number of rotatable bonds is 2. The molecule has 1 atom stereocenters. The second-order valence-corrected chi connectivity index (χ2v) is 4.80. The van der Waals surface area contributed by atoms with Gasteiger partial charge in [0.05, 0.1) is 5.69 Å². The third kappa shape index (κ3) is 2.31. The summed E-state index contributed by atoms with van der Waals surface area (Å²) in [5.74, 6) is 0.00324. The van der Waals surface area contributed by atoms with Crippen LogP contribution in [0.4, 0.5) is 4.39 Å². The second-order valence-electron chi connectivity index (χ2n) is 4.80. The van der Waals surface area contributed by atoms with Crippen LogP contribution in [-0.4, -0.2) is 17.7 Å². The minimum absolute atomic E-state index is 0.155. The van der Waals surface area contributed by atoms with E-state index in [9.17, 15) is 9.18 Å². The summed E-state index contributed by atoms with van der Waals surface area (Å²) < 4.78 is 15.6. The monoisotopic (exact) mass is 258 g/mol. The fourth-order valence-corrected chi connectivity index (χ4v) is 2.56. The number of nitrogens with one attached hydrogen (secondary N) is 1. The van der Waals surface area contributed by atoms with Gasteiger partial charge in [0.25, 0.3) is 5.56 Å². The van der Waals surface area contributed by atoms with Crippen LogP contribution in [0.5, 0.6) is 0 Å². The van der Waals surface area contributed by atoms with Crippen LogP contribution in [0.25, 0.3) is 5.69 Å². The number of hydrogen-bond donors (Lipinski definition) is 1. The first-order valence-electron chi connectivity index (χ1n) is 6.44. The summed E-state index contributed by atoms with van der Waals surface area (Å²) in [6.45, 7) is 1.76. The predicted molar refractivity (Wildman–Crippen MR) is 72.2 cm³/mol. The van der Waals surface area contributed by atoms with Crippen molar-refractivity contribution in [2.24, 2.45) is 0 Å². The first-order valence-corrected chi connectivity index (χ1v) is 6.44. The summed E-state index contributed by atoms with van der Waals surface area (Å²) in [5, 5.41) is 3.23. The normalized spacial score (nSPS) is 18.7. The summed E-state index contributed by atoms with van der Waals surface area (Å²) >= 11 is 0. The zero-order valence-corrected chi connectivity index (χ0v) is 10.5. The molecule has 1 aliphatic rings. The standard InChI is InChI=1S/C15H15FN2O/c16-14-9-12(18-8-2-1-3-15(18)19)4-5-13(14)11-6-7-17-10-11/h1-5,8-9,11,17H,6-7,10H2. The van der Waals surface area contributed by atoms with Crippen LogP contribution in [0.1, 0.15) is 17.9 Å². The van der Waals surface area contributed by atoms with E-state index < -0.39 is 0 Å². The van der Waals surface area contributed by atoms with E-state index in [1.54, 1.807) is 30.5 Å². The Balaban J connectivity index is 2.00. The average molecular weight is 258 g/mol. The van der Waals surface area contributed by atoms with Gasteiger partial charge >= 0.3 is 0 Å². The summed E-state index contributed by atoms with van der Waals surface area (Å²) in [4.78, 5) is 11.7. The lowest BCUT2D eigenvalue weighted by molar-refractivity contribution is 0.587. The molecule has 3 nitrogen and oxygen atoms in total. The minimum Gasteiger partial charge on any atom is -0.316 e. The number of benzene rings is 1. The van der Waals surface area contributed by atoms with E-state index in [4.69, 9.17) is 0 Å². The van der Waals surface area contributed by atoms with E-state index >= 15 is 0 Å². The van der Waals surface area contributed by atoms with Gasteiger partial charge in [-0.1, -0.05) is 12.1 Å². The van der Waals surface area contributed by atoms with E-state index in [-0.39, 0.29) is 17.3 Å². The SMILES string of the molecule is O=c1ccccn1-c1ccc(C2CCNC2)c(F)c1. The molecule has 0 amide bonds. The minimum atomic E-state index is -0.234. The number of nitrogens with zero attached hydrogens (tertiary/aromatic N) is 1. The highest BCUT2D eigenvalue weighted by atomic mass is 19.1. The highest BCUT2D eigenvalue weighted by Gasteiger charge is 2.20. The van der Waals surface area contributed by atoms with E-state index in [2.05, 4.69) is 5.32 Å². The highest BCUT2D eigenvalue weighted by molar-refractivity contribution is 5.37. The Bertz CT molecular complexity index is 645. The molecule has 0 saturated carbocycles. The van der Waals surface area contributed by atoms with Crippen LogP contribution in [0, 0.1) is 5.82 Å². The Kier molecular flexibility index (Phi) is 3.17. The summed E-state index contributed by atoms with van der Waals surface area (Å²) in [6.07, 6.45) is 2.61. The Morgan fingerprint density at radius 2 is 2.16 bits per heavy atom. The van der Waals surface area contributed by atoms with Crippen LogP contribution in [0.3, 0.4) is 0 Å². The third-order valence-electron chi connectivity index (χ3n) is 3.58. The van der Waals surface area contributed by atoms with Crippen molar-refractivity contribution in [1.82, 2.24) is 9.88 Å². The van der Waals surface area contributed by atoms with Crippen LogP contribution in [0.15, 0.2) is 47.4 Å². The first kappa shape index (κ1) is 12.1. The molecular weight excluding hydrogens is 243 g/mol. The molecule has 1 aromatic carbocycles. The van der Waals surface area contributed by atoms with Gasteiger partial charge in [0, 0.05) is 24.7 Å². The van der Waals surface area contributed by atoms with Gasteiger partial charge in [-0.25, -0.2) is 4.39 Å².